The highest BCUT2D eigenvalue weighted by atomic mass is 19.4. The zero-order valence-corrected chi connectivity index (χ0v) is 9.14. The summed E-state index contributed by atoms with van der Waals surface area (Å²) in [6, 6.07) is 0.0541. The Morgan fingerprint density at radius 2 is 2.12 bits per heavy atom. The van der Waals surface area contributed by atoms with Crippen molar-refractivity contribution in [3.8, 4) is 0 Å². The van der Waals surface area contributed by atoms with Crippen molar-refractivity contribution < 1.29 is 22.7 Å². The number of nitrogens with one attached hydrogen (secondary N) is 1. The Labute approximate surface area is 92.3 Å². The van der Waals surface area contributed by atoms with E-state index in [1.54, 1.807) is 0 Å². The fourth-order valence-electron chi connectivity index (χ4n) is 0.962. The van der Waals surface area contributed by atoms with E-state index in [-0.39, 0.29) is 6.04 Å². The molecular formula is C9H17F3N2O2. The van der Waals surface area contributed by atoms with Crippen LogP contribution in [-0.2, 0) is 9.53 Å². The Morgan fingerprint density at radius 1 is 1.50 bits per heavy atom. The van der Waals surface area contributed by atoms with Gasteiger partial charge in [0.25, 0.3) is 0 Å². The first-order valence-corrected chi connectivity index (χ1v) is 4.98. The van der Waals surface area contributed by atoms with E-state index in [0.717, 1.165) is 6.42 Å². The number of rotatable bonds is 7. The van der Waals surface area contributed by atoms with Gasteiger partial charge in [-0.1, -0.05) is 0 Å². The molecule has 0 aliphatic heterocycles. The fraction of sp³-hybridized carbons (Fsp3) is 0.889. The molecule has 0 fully saturated rings. The molecule has 4 nitrogen and oxygen atoms in total. The molecule has 0 aromatic rings. The largest absolute Gasteiger partial charge is 0.411 e. The Morgan fingerprint density at radius 3 is 2.62 bits per heavy atom. The minimum atomic E-state index is -4.39. The van der Waals surface area contributed by atoms with E-state index in [1.807, 2.05) is 6.92 Å². The highest BCUT2D eigenvalue weighted by Crippen LogP contribution is 2.13. The van der Waals surface area contributed by atoms with E-state index in [9.17, 15) is 18.0 Å². The Hall–Kier alpha value is -0.820. The molecule has 0 bridgehead atoms. The summed E-state index contributed by atoms with van der Waals surface area (Å²) in [7, 11) is 0. The molecule has 0 saturated heterocycles. The van der Waals surface area contributed by atoms with Crippen LogP contribution in [0.15, 0.2) is 0 Å². The fourth-order valence-corrected chi connectivity index (χ4v) is 0.962. The Bertz CT molecular complexity index is 207. The molecule has 1 amide bonds. The van der Waals surface area contributed by atoms with E-state index >= 15 is 0 Å². The van der Waals surface area contributed by atoms with Crippen molar-refractivity contribution in [3.05, 3.63) is 0 Å². The molecule has 0 rings (SSSR count). The Kier molecular flexibility index (Phi) is 7.07. The lowest BCUT2D eigenvalue weighted by atomic mass is 10.2. The van der Waals surface area contributed by atoms with Gasteiger partial charge in [0.15, 0.2) is 0 Å². The molecule has 0 aliphatic rings. The van der Waals surface area contributed by atoms with Gasteiger partial charge in [-0.3, -0.25) is 4.79 Å². The second kappa shape index (κ2) is 7.45. The number of nitrogens with two attached hydrogens (primary N) is 1. The first kappa shape index (κ1) is 15.2. The van der Waals surface area contributed by atoms with Crippen molar-refractivity contribution in [1.82, 2.24) is 5.32 Å². The topological polar surface area (TPSA) is 64.3 Å². The monoisotopic (exact) mass is 242 g/mol. The zero-order valence-electron chi connectivity index (χ0n) is 9.14. The van der Waals surface area contributed by atoms with Gasteiger partial charge in [0.1, 0.15) is 13.2 Å². The van der Waals surface area contributed by atoms with Crippen LogP contribution in [0.25, 0.3) is 0 Å². The summed E-state index contributed by atoms with van der Waals surface area (Å²) < 4.78 is 39.1. The molecule has 0 aromatic carbocycles. The number of hydrogen-bond donors (Lipinski definition) is 2. The lowest BCUT2D eigenvalue weighted by Crippen LogP contribution is -2.31. The number of alkyl halides is 3. The van der Waals surface area contributed by atoms with Crippen molar-refractivity contribution in [3.63, 3.8) is 0 Å². The van der Waals surface area contributed by atoms with Gasteiger partial charge in [0.05, 0.1) is 0 Å². The minimum Gasteiger partial charge on any atom is -0.362 e. The van der Waals surface area contributed by atoms with Crippen LogP contribution < -0.4 is 11.1 Å². The van der Waals surface area contributed by atoms with Crippen molar-refractivity contribution in [2.75, 3.05) is 19.8 Å². The normalized spacial score (nSPS) is 13.6. The molecule has 1 atom stereocenters. The van der Waals surface area contributed by atoms with E-state index in [0.29, 0.717) is 13.0 Å². The molecule has 0 spiro atoms. The summed E-state index contributed by atoms with van der Waals surface area (Å²) >= 11 is 0. The second-order valence-electron chi connectivity index (χ2n) is 3.58. The predicted octanol–water partition coefficient (Wildman–Crippen LogP) is 0.809. The maximum atomic E-state index is 11.6. The summed E-state index contributed by atoms with van der Waals surface area (Å²) in [6.07, 6.45) is -2.94. The maximum Gasteiger partial charge on any atom is 0.411 e. The predicted molar refractivity (Wildman–Crippen MR) is 52.8 cm³/mol. The van der Waals surface area contributed by atoms with Crippen LogP contribution in [0.5, 0.6) is 0 Å². The average molecular weight is 242 g/mol. The van der Waals surface area contributed by atoms with Crippen LogP contribution in [0, 0.1) is 0 Å². The molecule has 0 saturated carbocycles. The molecule has 96 valence electrons. The molecule has 3 N–H and O–H groups in total. The molecule has 1 unspecified atom stereocenters. The van der Waals surface area contributed by atoms with Gasteiger partial charge in [0, 0.05) is 12.6 Å². The van der Waals surface area contributed by atoms with Gasteiger partial charge in [-0.15, -0.1) is 0 Å². The summed E-state index contributed by atoms with van der Waals surface area (Å²) in [5.41, 5.74) is 5.47. The molecular weight excluding hydrogens is 225 g/mol. The third kappa shape index (κ3) is 11.3. The standard InChI is InChI=1S/C9H17F3N2O2/c1-7(13)3-2-4-14-8(15)5-16-6-9(10,11)12/h7H,2-6,13H2,1H3,(H,14,15). The molecule has 7 heteroatoms. The third-order valence-electron chi connectivity index (χ3n) is 1.66. The highest BCUT2D eigenvalue weighted by molar-refractivity contribution is 5.77. The summed E-state index contributed by atoms with van der Waals surface area (Å²) in [4.78, 5) is 10.9. The van der Waals surface area contributed by atoms with Crippen LogP contribution in [0.2, 0.25) is 0 Å². The van der Waals surface area contributed by atoms with Gasteiger partial charge in [0.2, 0.25) is 5.91 Å². The molecule has 0 aliphatic carbocycles. The van der Waals surface area contributed by atoms with Gasteiger partial charge in [-0.2, -0.15) is 13.2 Å². The Balaban J connectivity index is 3.39. The van der Waals surface area contributed by atoms with E-state index < -0.39 is 25.3 Å². The van der Waals surface area contributed by atoms with Crippen molar-refractivity contribution in [2.45, 2.75) is 32.0 Å². The number of carbonyl (C=O) groups excluding carboxylic acids is 1. The van der Waals surface area contributed by atoms with Gasteiger partial charge in [-0.25, -0.2) is 0 Å². The van der Waals surface area contributed by atoms with Crippen LogP contribution >= 0.6 is 0 Å². The van der Waals surface area contributed by atoms with Crippen molar-refractivity contribution >= 4 is 5.91 Å². The first-order valence-electron chi connectivity index (χ1n) is 4.98. The van der Waals surface area contributed by atoms with Crippen molar-refractivity contribution in [2.24, 2.45) is 5.73 Å². The van der Waals surface area contributed by atoms with Gasteiger partial charge in [-0.05, 0) is 19.8 Å². The molecule has 0 aromatic heterocycles. The smallest absolute Gasteiger partial charge is 0.362 e. The van der Waals surface area contributed by atoms with E-state index in [4.69, 9.17) is 5.73 Å². The number of hydrogen-bond acceptors (Lipinski definition) is 3. The molecule has 0 heterocycles. The summed E-state index contributed by atoms with van der Waals surface area (Å²) in [6.45, 7) is 0.266. The second-order valence-corrected chi connectivity index (χ2v) is 3.58. The number of amides is 1. The maximum absolute atomic E-state index is 11.6. The number of halogens is 3. The average Bonchev–Trinajstić information content (AvgIpc) is 2.10. The molecule has 0 radical (unpaired) electrons. The van der Waals surface area contributed by atoms with Crippen LogP contribution in [0.4, 0.5) is 13.2 Å². The molecule has 16 heavy (non-hydrogen) atoms. The van der Waals surface area contributed by atoms with E-state index in [1.165, 1.54) is 0 Å². The summed E-state index contributed by atoms with van der Waals surface area (Å²) in [5, 5.41) is 2.44. The minimum absolute atomic E-state index is 0.0541. The van der Waals surface area contributed by atoms with Gasteiger partial charge >= 0.3 is 6.18 Å². The quantitative estimate of drug-likeness (QED) is 0.649. The van der Waals surface area contributed by atoms with E-state index in [2.05, 4.69) is 10.1 Å². The number of ether oxygens (including phenoxy) is 1. The van der Waals surface area contributed by atoms with Gasteiger partial charge < -0.3 is 15.8 Å². The van der Waals surface area contributed by atoms with Crippen molar-refractivity contribution in [1.29, 1.82) is 0 Å². The van der Waals surface area contributed by atoms with Crippen LogP contribution in [-0.4, -0.2) is 37.9 Å². The third-order valence-corrected chi connectivity index (χ3v) is 1.66. The van der Waals surface area contributed by atoms with Crippen LogP contribution in [0.3, 0.4) is 0 Å². The zero-order chi connectivity index (χ0) is 12.6. The van der Waals surface area contributed by atoms with Crippen LogP contribution in [0.1, 0.15) is 19.8 Å². The highest BCUT2D eigenvalue weighted by Gasteiger charge is 2.27. The lowest BCUT2D eigenvalue weighted by Gasteiger charge is -2.08. The number of carbonyl (C=O) groups is 1. The summed E-state index contributed by atoms with van der Waals surface area (Å²) in [5.74, 6) is -0.547. The first-order chi connectivity index (χ1) is 7.31. The SMILES string of the molecule is CC(N)CCCNC(=O)COCC(F)(F)F. The lowest BCUT2D eigenvalue weighted by molar-refractivity contribution is -0.175.